The fourth-order valence-corrected chi connectivity index (χ4v) is 8.27. The Kier molecular flexibility index (Phi) is 9.75. The summed E-state index contributed by atoms with van der Waals surface area (Å²) < 4.78 is 37.6. The Morgan fingerprint density at radius 1 is 1.08 bits per heavy atom. The molecule has 0 fully saturated rings. The van der Waals surface area contributed by atoms with Crippen molar-refractivity contribution >= 4 is 32.7 Å². The number of fused-ring (bicyclic) bond motifs is 2. The number of nitrogens with one attached hydrogen (secondary N) is 1. The highest BCUT2D eigenvalue weighted by atomic mass is 32.2. The van der Waals surface area contributed by atoms with Crippen LogP contribution in [0.5, 0.6) is 5.75 Å². The Morgan fingerprint density at radius 3 is 2.52 bits per heavy atom. The van der Waals surface area contributed by atoms with Gasteiger partial charge in [-0.05, 0) is 73.2 Å². The highest BCUT2D eigenvalue weighted by molar-refractivity contribution is 7.89. The molecule has 50 heavy (non-hydrogen) atoms. The maximum atomic E-state index is 14.3. The van der Waals surface area contributed by atoms with Gasteiger partial charge in [0, 0.05) is 19.0 Å². The van der Waals surface area contributed by atoms with Gasteiger partial charge < -0.3 is 15.8 Å². The summed E-state index contributed by atoms with van der Waals surface area (Å²) in [5.41, 5.74) is 11.3. The summed E-state index contributed by atoms with van der Waals surface area (Å²) >= 11 is 0. The quantitative estimate of drug-likeness (QED) is 0.193. The second kappa shape index (κ2) is 13.9. The second-order valence-corrected chi connectivity index (χ2v) is 15.2. The fourth-order valence-electron chi connectivity index (χ4n) is 6.70. The number of para-hydroxylation sites is 1. The molecule has 13 heteroatoms. The molecule has 1 aliphatic rings. The maximum absolute atomic E-state index is 14.3. The van der Waals surface area contributed by atoms with Crippen LogP contribution in [0, 0.1) is 19.3 Å². The largest absolute Gasteiger partial charge is 0.488 e. The molecular weight excluding hydrogens is 653 g/mol. The number of rotatable bonds is 10. The molecule has 2 aromatic heterocycles. The molecule has 0 saturated carbocycles. The highest BCUT2D eigenvalue weighted by Crippen LogP contribution is 2.45. The van der Waals surface area contributed by atoms with Gasteiger partial charge in [-0.15, -0.1) is 5.10 Å². The van der Waals surface area contributed by atoms with E-state index in [4.69, 9.17) is 10.5 Å². The normalized spacial score (nSPS) is 16.7. The van der Waals surface area contributed by atoms with Crippen molar-refractivity contribution in [1.82, 2.24) is 29.3 Å². The zero-order valence-electron chi connectivity index (χ0n) is 29.3. The molecule has 1 amide bonds. The summed E-state index contributed by atoms with van der Waals surface area (Å²) in [5.74, 6) is 0.146. The first-order valence-corrected chi connectivity index (χ1v) is 18.3. The minimum atomic E-state index is -3.87. The number of nitrogens with two attached hydrogens (primary N) is 1. The lowest BCUT2D eigenvalue weighted by Crippen LogP contribution is -2.38. The predicted octanol–water partition coefficient (Wildman–Crippen LogP) is 5.48. The van der Waals surface area contributed by atoms with E-state index in [1.807, 2.05) is 76.6 Å². The molecule has 0 spiro atoms. The third-order valence-electron chi connectivity index (χ3n) is 9.72. The summed E-state index contributed by atoms with van der Waals surface area (Å²) in [6.07, 6.45) is 3.45. The SMILES string of the molecule is CC[C@@H]1CN(Cc2cc([C@@H](c3ccc4c(nnn4CC)c3C)C(C)(C)C(=O)Nc3cnc(CN)nc3)ccc2C)S(=O)(=O)c2ccccc2O1. The van der Waals surface area contributed by atoms with E-state index in [9.17, 15) is 13.2 Å². The van der Waals surface area contributed by atoms with Gasteiger partial charge >= 0.3 is 0 Å². The molecule has 3 N–H and O–H groups in total. The molecule has 12 nitrogen and oxygen atoms in total. The van der Waals surface area contributed by atoms with Gasteiger partial charge in [0.2, 0.25) is 15.9 Å². The van der Waals surface area contributed by atoms with Crippen LogP contribution in [0.3, 0.4) is 0 Å². The minimum Gasteiger partial charge on any atom is -0.488 e. The number of ether oxygens (including phenoxy) is 1. The Hall–Kier alpha value is -4.72. The van der Waals surface area contributed by atoms with Crippen LogP contribution < -0.4 is 15.8 Å². The Labute approximate surface area is 293 Å². The number of carbonyl (C=O) groups is 1. The Bertz CT molecular complexity index is 2150. The zero-order valence-corrected chi connectivity index (χ0v) is 30.2. The third kappa shape index (κ3) is 6.48. The Balaban J connectivity index is 1.45. The lowest BCUT2D eigenvalue weighted by atomic mass is 9.69. The number of aromatic nitrogens is 5. The van der Waals surface area contributed by atoms with E-state index in [2.05, 4.69) is 25.6 Å². The van der Waals surface area contributed by atoms with E-state index in [1.54, 1.807) is 36.7 Å². The first-order chi connectivity index (χ1) is 23.9. The predicted molar refractivity (Wildman–Crippen MR) is 192 cm³/mol. The van der Waals surface area contributed by atoms with Gasteiger partial charge in [0.25, 0.3) is 0 Å². The van der Waals surface area contributed by atoms with Gasteiger partial charge in [-0.1, -0.05) is 62.4 Å². The van der Waals surface area contributed by atoms with Crippen LogP contribution >= 0.6 is 0 Å². The first kappa shape index (κ1) is 35.1. The van der Waals surface area contributed by atoms with E-state index in [-0.39, 0.29) is 36.5 Å². The molecule has 0 saturated heterocycles. The van der Waals surface area contributed by atoms with Crippen LogP contribution in [-0.4, -0.2) is 56.2 Å². The van der Waals surface area contributed by atoms with Crippen molar-refractivity contribution in [3.05, 3.63) is 101 Å². The van der Waals surface area contributed by atoms with Gasteiger partial charge in [-0.3, -0.25) is 4.79 Å². The standard InChI is InChI=1S/C37H44N8O4S/c1-7-28-22-44(50(47,48)32-12-10-9-11-31(32)49-28)21-26-17-25(14-13-23(26)3)34(29-15-16-30-35(24(29)4)42-43-45(30)8-2)37(5,6)36(46)41-27-19-39-33(18-38)40-20-27/h9-17,19-20,28,34H,7-8,18,21-22,38H2,1-6H3,(H,41,46)/t28-,34+/m1/s1. The third-order valence-corrected chi connectivity index (χ3v) is 11.6. The summed E-state index contributed by atoms with van der Waals surface area (Å²) in [4.78, 5) is 22.9. The molecule has 0 aliphatic carbocycles. The second-order valence-electron chi connectivity index (χ2n) is 13.3. The molecule has 0 radical (unpaired) electrons. The molecule has 3 aromatic carbocycles. The Morgan fingerprint density at radius 2 is 1.82 bits per heavy atom. The van der Waals surface area contributed by atoms with Gasteiger partial charge in [0.05, 0.1) is 42.1 Å². The number of nitrogens with zero attached hydrogens (tertiary/aromatic N) is 6. The van der Waals surface area contributed by atoms with Crippen molar-refractivity contribution in [1.29, 1.82) is 0 Å². The molecule has 3 heterocycles. The average Bonchev–Trinajstić information content (AvgIpc) is 3.50. The molecule has 2 atom stereocenters. The van der Waals surface area contributed by atoms with Crippen molar-refractivity contribution in [3.8, 4) is 5.75 Å². The van der Waals surface area contributed by atoms with E-state index in [0.717, 1.165) is 38.9 Å². The van der Waals surface area contributed by atoms with Gasteiger partial charge in [0.1, 0.15) is 28.1 Å². The highest BCUT2D eigenvalue weighted by Gasteiger charge is 2.41. The molecule has 0 unspecified atom stereocenters. The van der Waals surface area contributed by atoms with E-state index in [0.29, 0.717) is 30.2 Å². The first-order valence-electron chi connectivity index (χ1n) is 16.9. The van der Waals surface area contributed by atoms with E-state index in [1.165, 1.54) is 4.31 Å². The molecule has 0 bridgehead atoms. The monoisotopic (exact) mass is 696 g/mol. The molecule has 5 aromatic rings. The number of hydrogen-bond acceptors (Lipinski definition) is 9. The lowest BCUT2D eigenvalue weighted by molar-refractivity contribution is -0.124. The fraction of sp³-hybridized carbons (Fsp3) is 0.378. The minimum absolute atomic E-state index is 0.142. The van der Waals surface area contributed by atoms with Crippen LogP contribution in [0.25, 0.3) is 11.0 Å². The smallest absolute Gasteiger partial charge is 0.247 e. The number of carbonyl (C=O) groups excluding carboxylic acids is 1. The number of anilines is 1. The van der Waals surface area contributed by atoms with Crippen molar-refractivity contribution < 1.29 is 17.9 Å². The summed E-state index contributed by atoms with van der Waals surface area (Å²) in [5, 5.41) is 11.9. The number of aryl methyl sites for hydroxylation is 3. The molecule has 262 valence electrons. The molecule has 6 rings (SSSR count). The number of benzene rings is 3. The van der Waals surface area contributed by atoms with Gasteiger partial charge in [-0.25, -0.2) is 23.1 Å². The van der Waals surface area contributed by atoms with Gasteiger partial charge in [0.15, 0.2) is 0 Å². The molecule has 1 aliphatic heterocycles. The van der Waals surface area contributed by atoms with Crippen LogP contribution in [-0.2, 0) is 34.5 Å². The zero-order chi connectivity index (χ0) is 35.8. The average molecular weight is 697 g/mol. The topological polar surface area (TPSA) is 158 Å². The van der Waals surface area contributed by atoms with Crippen LogP contribution in [0.15, 0.2) is 71.9 Å². The number of hydrogen-bond donors (Lipinski definition) is 2. The van der Waals surface area contributed by atoms with Crippen LogP contribution in [0.2, 0.25) is 0 Å². The van der Waals surface area contributed by atoms with Gasteiger partial charge in [-0.2, -0.15) is 4.31 Å². The van der Waals surface area contributed by atoms with Crippen LogP contribution in [0.1, 0.15) is 73.7 Å². The lowest BCUT2D eigenvalue weighted by Gasteiger charge is -2.35. The van der Waals surface area contributed by atoms with Crippen molar-refractivity contribution in [3.63, 3.8) is 0 Å². The van der Waals surface area contributed by atoms with Crippen molar-refractivity contribution in [2.24, 2.45) is 11.1 Å². The van der Waals surface area contributed by atoms with Crippen molar-refractivity contribution in [2.75, 3.05) is 11.9 Å². The van der Waals surface area contributed by atoms with Crippen LogP contribution in [0.4, 0.5) is 5.69 Å². The van der Waals surface area contributed by atoms with E-state index >= 15 is 0 Å². The molecular formula is C37H44N8O4S. The maximum Gasteiger partial charge on any atom is 0.247 e. The van der Waals surface area contributed by atoms with E-state index < -0.39 is 21.4 Å². The summed E-state index contributed by atoms with van der Waals surface area (Å²) in [6.45, 7) is 13.0. The summed E-state index contributed by atoms with van der Waals surface area (Å²) in [6, 6.07) is 16.9. The number of sulfonamides is 1. The number of amides is 1. The summed E-state index contributed by atoms with van der Waals surface area (Å²) in [7, 11) is -3.87. The van der Waals surface area contributed by atoms with Crippen molar-refractivity contribution in [2.45, 2.75) is 84.5 Å².